The second-order valence-corrected chi connectivity index (χ2v) is 7.60. The van der Waals surface area contributed by atoms with E-state index < -0.39 is 11.2 Å². The molecule has 3 aromatic rings. The van der Waals surface area contributed by atoms with E-state index in [9.17, 15) is 14.4 Å². The van der Waals surface area contributed by atoms with Crippen LogP contribution >= 0.6 is 11.3 Å². The van der Waals surface area contributed by atoms with Gasteiger partial charge < -0.3 is 4.90 Å². The molecule has 1 amide bonds. The predicted octanol–water partition coefficient (Wildman–Crippen LogP) is 3.15. The van der Waals surface area contributed by atoms with E-state index in [1.807, 2.05) is 39.8 Å². The Morgan fingerprint density at radius 3 is 2.37 bits per heavy atom. The van der Waals surface area contributed by atoms with Gasteiger partial charge in [-0.05, 0) is 63.4 Å². The predicted molar refractivity (Wildman–Crippen MR) is 110 cm³/mol. The van der Waals surface area contributed by atoms with E-state index in [4.69, 9.17) is 0 Å². The molecule has 1 N–H and O–H groups in total. The van der Waals surface area contributed by atoms with Gasteiger partial charge >= 0.3 is 5.69 Å². The molecule has 0 saturated carbocycles. The first-order valence-electron chi connectivity index (χ1n) is 8.95. The second kappa shape index (κ2) is 7.15. The molecule has 0 aliphatic heterocycles. The van der Waals surface area contributed by atoms with Crippen molar-refractivity contribution in [1.82, 2.24) is 14.5 Å². The Balaban J connectivity index is 2.27. The third-order valence-electron chi connectivity index (χ3n) is 4.98. The van der Waals surface area contributed by atoms with E-state index >= 15 is 0 Å². The Morgan fingerprint density at radius 1 is 1.11 bits per heavy atom. The summed E-state index contributed by atoms with van der Waals surface area (Å²) in [5, 5.41) is 0.397. The SMILES string of the molecule is CCN(CC)C(=O)c1sc2[nH]c(=O)n(-c3ccc(C)c(C)c3)c(=O)c2c1C. The molecule has 0 unspecified atom stereocenters. The third kappa shape index (κ3) is 3.12. The van der Waals surface area contributed by atoms with E-state index in [0.29, 0.717) is 39.4 Å². The molecule has 0 fully saturated rings. The molecular weight excluding hydrogens is 362 g/mol. The van der Waals surface area contributed by atoms with Crippen molar-refractivity contribution in [3.63, 3.8) is 0 Å². The summed E-state index contributed by atoms with van der Waals surface area (Å²) in [7, 11) is 0. The zero-order chi connectivity index (χ0) is 19.9. The number of rotatable bonds is 4. The molecule has 1 aromatic carbocycles. The maximum atomic E-state index is 13.1. The van der Waals surface area contributed by atoms with Gasteiger partial charge in [0, 0.05) is 13.1 Å². The molecule has 0 aliphatic carbocycles. The smallest absolute Gasteiger partial charge is 0.334 e. The largest absolute Gasteiger partial charge is 0.338 e. The van der Waals surface area contributed by atoms with Crippen LogP contribution in [0.4, 0.5) is 0 Å². The third-order valence-corrected chi connectivity index (χ3v) is 6.18. The molecule has 0 bridgehead atoms. The van der Waals surface area contributed by atoms with Gasteiger partial charge in [0.1, 0.15) is 4.83 Å². The highest BCUT2D eigenvalue weighted by atomic mass is 32.1. The van der Waals surface area contributed by atoms with Crippen molar-refractivity contribution >= 4 is 27.5 Å². The zero-order valence-electron chi connectivity index (χ0n) is 16.2. The number of nitrogens with one attached hydrogen (secondary N) is 1. The lowest BCUT2D eigenvalue weighted by molar-refractivity contribution is 0.0777. The van der Waals surface area contributed by atoms with Gasteiger partial charge in [0.2, 0.25) is 0 Å². The Bertz CT molecular complexity index is 1150. The minimum absolute atomic E-state index is 0.114. The quantitative estimate of drug-likeness (QED) is 0.750. The number of nitrogens with zero attached hydrogens (tertiary/aromatic N) is 2. The summed E-state index contributed by atoms with van der Waals surface area (Å²) in [5.41, 5.74) is 2.32. The van der Waals surface area contributed by atoms with E-state index in [2.05, 4.69) is 4.98 Å². The molecule has 0 spiro atoms. The van der Waals surface area contributed by atoms with Crippen molar-refractivity contribution in [1.29, 1.82) is 0 Å². The van der Waals surface area contributed by atoms with E-state index in [1.165, 1.54) is 11.3 Å². The highest BCUT2D eigenvalue weighted by molar-refractivity contribution is 7.20. The van der Waals surface area contributed by atoms with Crippen LogP contribution in [0.15, 0.2) is 27.8 Å². The molecule has 27 heavy (non-hydrogen) atoms. The van der Waals surface area contributed by atoms with Crippen molar-refractivity contribution < 1.29 is 4.79 Å². The van der Waals surface area contributed by atoms with Gasteiger partial charge in [0.05, 0.1) is 16.0 Å². The summed E-state index contributed by atoms with van der Waals surface area (Å²) in [6.45, 7) is 10.7. The molecule has 0 atom stereocenters. The van der Waals surface area contributed by atoms with Crippen LogP contribution in [0.2, 0.25) is 0 Å². The highest BCUT2D eigenvalue weighted by Crippen LogP contribution is 2.28. The lowest BCUT2D eigenvalue weighted by atomic mass is 10.1. The van der Waals surface area contributed by atoms with Crippen LogP contribution in [0.25, 0.3) is 15.9 Å². The number of fused-ring (bicyclic) bond motifs is 1. The fraction of sp³-hybridized carbons (Fsp3) is 0.350. The van der Waals surface area contributed by atoms with Gasteiger partial charge in [0.25, 0.3) is 11.5 Å². The van der Waals surface area contributed by atoms with Gasteiger partial charge in [0.15, 0.2) is 0 Å². The zero-order valence-corrected chi connectivity index (χ0v) is 17.0. The molecule has 3 rings (SSSR count). The van der Waals surface area contributed by atoms with Gasteiger partial charge in [-0.1, -0.05) is 6.07 Å². The number of hydrogen-bond donors (Lipinski definition) is 1. The molecular formula is C20H23N3O3S. The molecule has 6 nitrogen and oxygen atoms in total. The summed E-state index contributed by atoms with van der Waals surface area (Å²) in [6, 6.07) is 5.46. The van der Waals surface area contributed by atoms with E-state index in [0.717, 1.165) is 15.7 Å². The van der Waals surface area contributed by atoms with Crippen molar-refractivity contribution in [2.24, 2.45) is 0 Å². The molecule has 0 radical (unpaired) electrons. The summed E-state index contributed by atoms with van der Waals surface area (Å²) < 4.78 is 1.14. The van der Waals surface area contributed by atoms with Crippen LogP contribution in [0, 0.1) is 20.8 Å². The fourth-order valence-corrected chi connectivity index (χ4v) is 4.33. The minimum Gasteiger partial charge on any atom is -0.338 e. The number of aromatic nitrogens is 2. The number of aryl methyl sites for hydroxylation is 3. The number of amides is 1. The molecule has 2 heterocycles. The Morgan fingerprint density at radius 2 is 1.78 bits per heavy atom. The van der Waals surface area contributed by atoms with Crippen molar-refractivity contribution in [2.45, 2.75) is 34.6 Å². The number of hydrogen-bond acceptors (Lipinski definition) is 4. The first-order valence-corrected chi connectivity index (χ1v) is 9.77. The summed E-state index contributed by atoms with van der Waals surface area (Å²) in [6.07, 6.45) is 0. The van der Waals surface area contributed by atoms with Crippen LogP contribution in [-0.2, 0) is 0 Å². The lowest BCUT2D eigenvalue weighted by Crippen LogP contribution is -2.33. The first-order chi connectivity index (χ1) is 12.8. The maximum absolute atomic E-state index is 13.1. The Labute approximate surface area is 161 Å². The topological polar surface area (TPSA) is 75.2 Å². The molecule has 2 aromatic heterocycles. The number of carbonyl (C=O) groups excluding carboxylic acids is 1. The number of benzene rings is 1. The highest BCUT2D eigenvalue weighted by Gasteiger charge is 2.23. The van der Waals surface area contributed by atoms with E-state index in [-0.39, 0.29) is 5.91 Å². The van der Waals surface area contributed by atoms with Crippen LogP contribution in [0.3, 0.4) is 0 Å². The number of aromatic amines is 1. The second-order valence-electron chi connectivity index (χ2n) is 6.58. The van der Waals surface area contributed by atoms with E-state index in [1.54, 1.807) is 17.9 Å². The van der Waals surface area contributed by atoms with Crippen LogP contribution < -0.4 is 11.2 Å². The Kier molecular flexibility index (Phi) is 5.06. The van der Waals surface area contributed by atoms with Gasteiger partial charge in [-0.3, -0.25) is 14.6 Å². The molecule has 142 valence electrons. The average molecular weight is 385 g/mol. The number of H-pyrrole nitrogens is 1. The van der Waals surface area contributed by atoms with Gasteiger partial charge in [-0.2, -0.15) is 0 Å². The standard InChI is InChI=1S/C20H23N3O3S/c1-6-22(7-2)19(25)16-13(5)15-17(27-16)21-20(26)23(18(15)24)14-9-8-11(3)12(4)10-14/h8-10H,6-7H2,1-5H3,(H,21,26). The van der Waals surface area contributed by atoms with Gasteiger partial charge in [-0.15, -0.1) is 11.3 Å². The average Bonchev–Trinajstić information content (AvgIpc) is 2.95. The molecule has 0 saturated heterocycles. The monoisotopic (exact) mass is 385 g/mol. The van der Waals surface area contributed by atoms with Gasteiger partial charge in [-0.25, -0.2) is 9.36 Å². The van der Waals surface area contributed by atoms with Crippen LogP contribution in [0.1, 0.15) is 40.2 Å². The normalized spacial score (nSPS) is 11.1. The summed E-state index contributed by atoms with van der Waals surface area (Å²) in [4.78, 5) is 43.9. The molecule has 0 aliphatic rings. The number of thiophene rings is 1. The van der Waals surface area contributed by atoms with Crippen molar-refractivity contribution in [3.05, 3.63) is 60.6 Å². The van der Waals surface area contributed by atoms with Crippen molar-refractivity contribution in [3.8, 4) is 5.69 Å². The lowest BCUT2D eigenvalue weighted by Gasteiger charge is -2.17. The summed E-state index contributed by atoms with van der Waals surface area (Å²) >= 11 is 1.17. The first kappa shape index (κ1) is 19.1. The van der Waals surface area contributed by atoms with Crippen molar-refractivity contribution in [2.75, 3.05) is 13.1 Å². The molecule has 7 heteroatoms. The minimum atomic E-state index is -0.501. The maximum Gasteiger partial charge on any atom is 0.334 e. The Hall–Kier alpha value is -2.67. The summed E-state index contributed by atoms with van der Waals surface area (Å²) in [5.74, 6) is -0.114. The fourth-order valence-electron chi connectivity index (χ4n) is 3.17. The number of carbonyl (C=O) groups is 1. The van der Waals surface area contributed by atoms with Crippen LogP contribution in [-0.4, -0.2) is 33.4 Å². The van der Waals surface area contributed by atoms with Crippen LogP contribution in [0.5, 0.6) is 0 Å².